The molecule has 3 heterocycles. The van der Waals surface area contributed by atoms with Crippen molar-refractivity contribution in [3.8, 4) is 5.88 Å². The number of hydrogen-bond donors (Lipinski definition) is 0. The van der Waals surface area contributed by atoms with Gasteiger partial charge in [-0.25, -0.2) is 9.97 Å². The Kier molecular flexibility index (Phi) is 4.05. The molecule has 0 bridgehead atoms. The van der Waals surface area contributed by atoms with Gasteiger partial charge >= 0.3 is 0 Å². The lowest BCUT2D eigenvalue weighted by atomic mass is 10.1. The van der Waals surface area contributed by atoms with Gasteiger partial charge in [0.15, 0.2) is 0 Å². The number of nitrogens with zero attached hydrogens (tertiary/aromatic N) is 3. The number of hydrogen-bond acceptors (Lipinski definition) is 5. The predicted molar refractivity (Wildman–Crippen MR) is 83.1 cm³/mol. The number of amides is 1. The van der Waals surface area contributed by atoms with Crippen molar-refractivity contribution in [3.63, 3.8) is 0 Å². The number of thiophene rings is 1. The molecule has 0 unspecified atom stereocenters. The van der Waals surface area contributed by atoms with Gasteiger partial charge in [0.2, 0.25) is 5.88 Å². The summed E-state index contributed by atoms with van der Waals surface area (Å²) in [4.78, 5) is 24.7. The van der Waals surface area contributed by atoms with Gasteiger partial charge in [0, 0.05) is 13.1 Å². The first-order valence-electron chi connectivity index (χ1n) is 7.38. The van der Waals surface area contributed by atoms with Crippen LogP contribution in [-0.4, -0.2) is 40.5 Å². The molecule has 5 nitrogen and oxygen atoms in total. The van der Waals surface area contributed by atoms with Crippen molar-refractivity contribution in [2.45, 2.75) is 33.1 Å². The second-order valence-corrected chi connectivity index (χ2v) is 6.20. The Balaban J connectivity index is 2.01. The van der Waals surface area contributed by atoms with Crippen LogP contribution in [0.1, 0.15) is 41.4 Å². The number of ether oxygens (including phenoxy) is 1. The fourth-order valence-electron chi connectivity index (χ4n) is 2.73. The molecular weight excluding hydrogens is 286 g/mol. The monoisotopic (exact) mass is 305 g/mol. The van der Waals surface area contributed by atoms with Crippen LogP contribution in [0.5, 0.6) is 5.88 Å². The zero-order chi connectivity index (χ0) is 14.8. The van der Waals surface area contributed by atoms with Crippen LogP contribution in [0.25, 0.3) is 10.2 Å². The van der Waals surface area contributed by atoms with Crippen LogP contribution >= 0.6 is 11.3 Å². The second-order valence-electron chi connectivity index (χ2n) is 5.20. The standard InChI is InChI=1S/C15H19N3O2S/c1-3-20-13-11-10(2)12(21-14(11)17-9-16-13)15(19)18-7-5-4-6-8-18/h9H,3-8H2,1-2H3. The zero-order valence-electron chi connectivity index (χ0n) is 12.4. The topological polar surface area (TPSA) is 55.3 Å². The number of aromatic nitrogens is 2. The molecule has 0 aliphatic carbocycles. The summed E-state index contributed by atoms with van der Waals surface area (Å²) in [5, 5.41) is 0.879. The lowest BCUT2D eigenvalue weighted by Gasteiger charge is -2.26. The number of carbonyl (C=O) groups excluding carboxylic acids is 1. The molecule has 0 aromatic carbocycles. The first kappa shape index (κ1) is 14.3. The van der Waals surface area contributed by atoms with Crippen molar-refractivity contribution in [1.82, 2.24) is 14.9 Å². The lowest BCUT2D eigenvalue weighted by Crippen LogP contribution is -2.35. The highest BCUT2D eigenvalue weighted by atomic mass is 32.1. The molecule has 0 spiro atoms. The van der Waals surface area contributed by atoms with Crippen molar-refractivity contribution < 1.29 is 9.53 Å². The van der Waals surface area contributed by atoms with Gasteiger partial charge in [-0.15, -0.1) is 11.3 Å². The molecule has 112 valence electrons. The van der Waals surface area contributed by atoms with Crippen LogP contribution in [0.3, 0.4) is 0 Å². The molecule has 6 heteroatoms. The number of likely N-dealkylation sites (tertiary alicyclic amines) is 1. The number of rotatable bonds is 3. The number of carbonyl (C=O) groups is 1. The van der Waals surface area contributed by atoms with Crippen molar-refractivity contribution in [1.29, 1.82) is 0 Å². The molecule has 2 aromatic rings. The summed E-state index contributed by atoms with van der Waals surface area (Å²) in [5.74, 6) is 0.701. The minimum atomic E-state index is 0.123. The van der Waals surface area contributed by atoms with Crippen LogP contribution in [0.4, 0.5) is 0 Å². The number of piperidine rings is 1. The lowest BCUT2D eigenvalue weighted by molar-refractivity contribution is 0.0728. The van der Waals surface area contributed by atoms with E-state index in [4.69, 9.17) is 4.74 Å². The van der Waals surface area contributed by atoms with E-state index < -0.39 is 0 Å². The second kappa shape index (κ2) is 5.97. The Labute approximate surface area is 128 Å². The highest BCUT2D eigenvalue weighted by Gasteiger charge is 2.24. The molecule has 0 saturated carbocycles. The van der Waals surface area contributed by atoms with E-state index in [1.165, 1.54) is 24.1 Å². The molecule has 0 atom stereocenters. The first-order valence-corrected chi connectivity index (χ1v) is 8.20. The highest BCUT2D eigenvalue weighted by molar-refractivity contribution is 7.20. The van der Waals surface area contributed by atoms with Gasteiger partial charge in [0.1, 0.15) is 11.2 Å². The third-order valence-electron chi connectivity index (χ3n) is 3.81. The highest BCUT2D eigenvalue weighted by Crippen LogP contribution is 2.35. The molecule has 1 aliphatic heterocycles. The summed E-state index contributed by atoms with van der Waals surface area (Å²) >= 11 is 1.44. The third-order valence-corrected chi connectivity index (χ3v) is 5.00. The van der Waals surface area contributed by atoms with E-state index in [0.717, 1.165) is 46.6 Å². The normalized spacial score (nSPS) is 15.4. The van der Waals surface area contributed by atoms with Gasteiger partial charge in [0.25, 0.3) is 5.91 Å². The van der Waals surface area contributed by atoms with Crippen LogP contribution < -0.4 is 4.74 Å². The van der Waals surface area contributed by atoms with E-state index in [1.54, 1.807) is 0 Å². The van der Waals surface area contributed by atoms with Gasteiger partial charge in [-0.3, -0.25) is 4.79 Å². The van der Waals surface area contributed by atoms with E-state index in [1.807, 2.05) is 18.7 Å². The van der Waals surface area contributed by atoms with Crippen LogP contribution in [0.2, 0.25) is 0 Å². The maximum atomic E-state index is 12.7. The Bertz CT molecular complexity index is 662. The summed E-state index contributed by atoms with van der Waals surface area (Å²) in [6.07, 6.45) is 4.91. The molecule has 1 fully saturated rings. The Morgan fingerprint density at radius 2 is 2.10 bits per heavy atom. The molecule has 1 aliphatic rings. The summed E-state index contributed by atoms with van der Waals surface area (Å²) < 4.78 is 5.57. The quantitative estimate of drug-likeness (QED) is 0.874. The van der Waals surface area contributed by atoms with Gasteiger partial charge in [-0.2, -0.15) is 0 Å². The predicted octanol–water partition coefficient (Wildman–Crippen LogP) is 3.02. The van der Waals surface area contributed by atoms with E-state index in [-0.39, 0.29) is 5.91 Å². The smallest absolute Gasteiger partial charge is 0.264 e. The van der Waals surface area contributed by atoms with Gasteiger partial charge < -0.3 is 9.64 Å². The van der Waals surface area contributed by atoms with Crippen molar-refractivity contribution in [3.05, 3.63) is 16.8 Å². The van der Waals surface area contributed by atoms with Crippen LogP contribution in [0.15, 0.2) is 6.33 Å². The van der Waals surface area contributed by atoms with E-state index >= 15 is 0 Å². The summed E-state index contributed by atoms with van der Waals surface area (Å²) in [6.45, 7) is 6.15. The Morgan fingerprint density at radius 1 is 1.33 bits per heavy atom. The minimum Gasteiger partial charge on any atom is -0.477 e. The molecule has 0 N–H and O–H groups in total. The Morgan fingerprint density at radius 3 is 2.81 bits per heavy atom. The number of fused-ring (bicyclic) bond motifs is 1. The maximum Gasteiger partial charge on any atom is 0.264 e. The third kappa shape index (κ3) is 2.60. The summed E-state index contributed by atoms with van der Waals surface area (Å²) in [7, 11) is 0. The SMILES string of the molecule is CCOc1ncnc2sc(C(=O)N3CCCCC3)c(C)c12. The van der Waals surface area contributed by atoms with E-state index in [9.17, 15) is 4.79 Å². The number of aryl methyl sites for hydroxylation is 1. The zero-order valence-corrected chi connectivity index (χ0v) is 13.2. The fourth-order valence-corrected chi connectivity index (χ4v) is 3.84. The van der Waals surface area contributed by atoms with Crippen molar-refractivity contribution in [2.24, 2.45) is 0 Å². The Hall–Kier alpha value is -1.69. The summed E-state index contributed by atoms with van der Waals surface area (Å²) in [5.41, 5.74) is 0.939. The largest absolute Gasteiger partial charge is 0.477 e. The summed E-state index contributed by atoms with van der Waals surface area (Å²) in [6, 6.07) is 0. The molecule has 1 saturated heterocycles. The molecule has 21 heavy (non-hydrogen) atoms. The van der Waals surface area contributed by atoms with Crippen LogP contribution in [0, 0.1) is 6.92 Å². The van der Waals surface area contributed by atoms with Gasteiger partial charge in [-0.1, -0.05) is 0 Å². The maximum absolute atomic E-state index is 12.7. The molecule has 2 aromatic heterocycles. The molecule has 1 amide bonds. The molecule has 3 rings (SSSR count). The molecule has 0 radical (unpaired) electrons. The fraction of sp³-hybridized carbons (Fsp3) is 0.533. The minimum absolute atomic E-state index is 0.123. The van der Waals surface area contributed by atoms with E-state index in [2.05, 4.69) is 9.97 Å². The molecular formula is C15H19N3O2S. The van der Waals surface area contributed by atoms with Gasteiger partial charge in [0.05, 0.1) is 16.9 Å². The van der Waals surface area contributed by atoms with Crippen molar-refractivity contribution >= 4 is 27.5 Å². The van der Waals surface area contributed by atoms with Crippen molar-refractivity contribution in [2.75, 3.05) is 19.7 Å². The van der Waals surface area contributed by atoms with E-state index in [0.29, 0.717) is 12.5 Å². The average Bonchev–Trinajstić information content (AvgIpc) is 2.86. The first-order chi connectivity index (χ1) is 10.2. The van der Waals surface area contributed by atoms with Crippen LogP contribution in [-0.2, 0) is 0 Å². The van der Waals surface area contributed by atoms with Gasteiger partial charge in [-0.05, 0) is 38.7 Å². The average molecular weight is 305 g/mol.